The molecule has 6 heteroatoms. The molecule has 0 aromatic carbocycles. The Balaban J connectivity index is 1.92. The first-order valence-electron chi connectivity index (χ1n) is 5.69. The second kappa shape index (κ2) is 6.26. The van der Waals surface area contributed by atoms with Gasteiger partial charge in [-0.1, -0.05) is 6.92 Å². The summed E-state index contributed by atoms with van der Waals surface area (Å²) in [6.45, 7) is 2.27. The first kappa shape index (κ1) is 12.7. The van der Waals surface area contributed by atoms with E-state index in [1.165, 1.54) is 12.8 Å². The zero-order chi connectivity index (χ0) is 12.1. The molecule has 1 N–H and O–H groups in total. The van der Waals surface area contributed by atoms with Crippen molar-refractivity contribution in [1.29, 1.82) is 0 Å². The zero-order valence-electron chi connectivity index (χ0n) is 9.76. The normalized spacial score (nSPS) is 13.1. The molecule has 4 nitrogen and oxygen atoms in total. The van der Waals surface area contributed by atoms with E-state index in [2.05, 4.69) is 39.5 Å². The molecular weight excluding hydrogens is 252 g/mol. The fourth-order valence-electron chi connectivity index (χ4n) is 1.57. The molecule has 17 heavy (non-hydrogen) atoms. The van der Waals surface area contributed by atoms with E-state index in [1.54, 1.807) is 24.4 Å². The number of fused-ring (bicyclic) bond motifs is 1. The van der Waals surface area contributed by atoms with Crippen LogP contribution in [-0.4, -0.2) is 31.4 Å². The lowest BCUT2D eigenvalue weighted by Crippen LogP contribution is -1.97. The highest BCUT2D eigenvalue weighted by Gasteiger charge is 2.07. The average Bonchev–Trinajstić information content (AvgIpc) is 2.78. The minimum Gasteiger partial charge on any atom is -0.341 e. The second-order valence-electron chi connectivity index (χ2n) is 4.03. The largest absolute Gasteiger partial charge is 0.341 e. The Kier molecular flexibility index (Phi) is 4.67. The van der Waals surface area contributed by atoms with Crippen LogP contribution in [0.2, 0.25) is 0 Å². The highest BCUT2D eigenvalue weighted by atomic mass is 32.2. The van der Waals surface area contributed by atoms with E-state index in [-0.39, 0.29) is 0 Å². The Morgan fingerprint density at radius 2 is 2.24 bits per heavy atom. The van der Waals surface area contributed by atoms with Crippen LogP contribution in [0.25, 0.3) is 11.2 Å². The van der Waals surface area contributed by atoms with Crippen LogP contribution < -0.4 is 0 Å². The molecule has 2 heterocycles. The van der Waals surface area contributed by atoms with Gasteiger partial charge < -0.3 is 4.98 Å². The van der Waals surface area contributed by atoms with Crippen molar-refractivity contribution in [3.8, 4) is 0 Å². The van der Waals surface area contributed by atoms with Gasteiger partial charge in [-0.15, -0.1) is 11.8 Å². The Morgan fingerprint density at radius 1 is 1.35 bits per heavy atom. The number of hydrogen-bond donors (Lipinski definition) is 2. The van der Waals surface area contributed by atoms with Crippen LogP contribution in [0, 0.1) is 5.92 Å². The standard InChI is InChI=1S/C11H16N4S2/c1-8(2-4-16)3-5-17-11-9-10(13-6-12-9)14-7-15-11/h6-8,16H,2-5H2,1H3,(H,12,13,14,15). The number of nitrogens with one attached hydrogen (secondary N) is 1. The molecule has 0 bridgehead atoms. The molecular formula is C11H16N4S2. The molecule has 2 rings (SSSR count). The highest BCUT2D eigenvalue weighted by Crippen LogP contribution is 2.24. The third kappa shape index (κ3) is 3.35. The van der Waals surface area contributed by atoms with E-state index >= 15 is 0 Å². The summed E-state index contributed by atoms with van der Waals surface area (Å²) in [5.41, 5.74) is 1.69. The van der Waals surface area contributed by atoms with Crippen LogP contribution in [0.5, 0.6) is 0 Å². The summed E-state index contributed by atoms with van der Waals surface area (Å²) in [6, 6.07) is 0. The lowest BCUT2D eigenvalue weighted by molar-refractivity contribution is 0.554. The van der Waals surface area contributed by atoms with Gasteiger partial charge >= 0.3 is 0 Å². The van der Waals surface area contributed by atoms with Crippen LogP contribution in [0.15, 0.2) is 17.7 Å². The number of aromatic amines is 1. The minimum atomic E-state index is 0.721. The van der Waals surface area contributed by atoms with Crippen LogP contribution in [-0.2, 0) is 0 Å². The van der Waals surface area contributed by atoms with Crippen molar-refractivity contribution >= 4 is 35.6 Å². The predicted octanol–water partition coefficient (Wildman–Crippen LogP) is 2.79. The Bertz CT molecular complexity index is 471. The molecule has 1 atom stereocenters. The third-order valence-corrected chi connectivity index (χ3v) is 3.94. The van der Waals surface area contributed by atoms with Crippen LogP contribution in [0.4, 0.5) is 0 Å². The van der Waals surface area contributed by atoms with Gasteiger partial charge in [-0.05, 0) is 30.3 Å². The maximum absolute atomic E-state index is 4.29. The van der Waals surface area contributed by atoms with Gasteiger partial charge in [0, 0.05) is 0 Å². The molecule has 0 saturated heterocycles. The van der Waals surface area contributed by atoms with E-state index < -0.39 is 0 Å². The van der Waals surface area contributed by atoms with Gasteiger partial charge in [0.05, 0.1) is 6.33 Å². The Labute approximate surface area is 110 Å². The number of hydrogen-bond acceptors (Lipinski definition) is 5. The Hall–Kier alpha value is -0.750. The predicted molar refractivity (Wildman–Crippen MR) is 74.7 cm³/mol. The molecule has 1 unspecified atom stereocenters. The number of imidazole rings is 1. The second-order valence-corrected chi connectivity index (χ2v) is 5.57. The van der Waals surface area contributed by atoms with Crippen LogP contribution in [0.3, 0.4) is 0 Å². The fourth-order valence-corrected chi connectivity index (χ4v) is 3.14. The average molecular weight is 268 g/mol. The number of rotatable bonds is 6. The molecule has 0 saturated carbocycles. The molecule has 0 spiro atoms. The molecule has 0 aliphatic carbocycles. The molecule has 0 aliphatic rings. The third-order valence-electron chi connectivity index (χ3n) is 2.66. The SMILES string of the molecule is CC(CCS)CCSc1ncnc2nc[nH]c12. The van der Waals surface area contributed by atoms with E-state index in [0.29, 0.717) is 0 Å². The molecule has 0 amide bonds. The summed E-state index contributed by atoms with van der Waals surface area (Å²) in [4.78, 5) is 15.6. The summed E-state index contributed by atoms with van der Waals surface area (Å²) in [6.07, 6.45) is 5.59. The van der Waals surface area contributed by atoms with Crippen molar-refractivity contribution in [3.05, 3.63) is 12.7 Å². The van der Waals surface area contributed by atoms with Crippen molar-refractivity contribution < 1.29 is 0 Å². The fraction of sp³-hybridized carbons (Fsp3) is 0.545. The molecule has 2 aromatic rings. The molecule has 92 valence electrons. The van der Waals surface area contributed by atoms with Crippen LogP contribution >= 0.6 is 24.4 Å². The van der Waals surface area contributed by atoms with Crippen molar-refractivity contribution in [2.24, 2.45) is 5.92 Å². The molecule has 0 aliphatic heterocycles. The highest BCUT2D eigenvalue weighted by molar-refractivity contribution is 7.99. The van der Waals surface area contributed by atoms with Gasteiger partial charge in [0.15, 0.2) is 5.65 Å². The van der Waals surface area contributed by atoms with Gasteiger partial charge in [0.2, 0.25) is 0 Å². The quantitative estimate of drug-likeness (QED) is 0.480. The van der Waals surface area contributed by atoms with E-state index in [0.717, 1.165) is 33.6 Å². The number of aromatic nitrogens is 4. The molecule has 0 radical (unpaired) electrons. The first-order valence-corrected chi connectivity index (χ1v) is 7.31. The zero-order valence-corrected chi connectivity index (χ0v) is 11.5. The molecule has 2 aromatic heterocycles. The minimum absolute atomic E-state index is 0.721. The Morgan fingerprint density at radius 3 is 3.06 bits per heavy atom. The lowest BCUT2D eigenvalue weighted by Gasteiger charge is -2.08. The van der Waals surface area contributed by atoms with Crippen molar-refractivity contribution in [2.75, 3.05) is 11.5 Å². The number of thioether (sulfide) groups is 1. The summed E-state index contributed by atoms with van der Waals surface area (Å²) in [5, 5.41) is 0.991. The number of H-pyrrole nitrogens is 1. The summed E-state index contributed by atoms with van der Waals surface area (Å²) in [5.74, 6) is 2.75. The summed E-state index contributed by atoms with van der Waals surface area (Å²) >= 11 is 6.01. The van der Waals surface area contributed by atoms with Gasteiger partial charge in [0.25, 0.3) is 0 Å². The summed E-state index contributed by atoms with van der Waals surface area (Å²) in [7, 11) is 0. The smallest absolute Gasteiger partial charge is 0.181 e. The van der Waals surface area contributed by atoms with E-state index in [9.17, 15) is 0 Å². The van der Waals surface area contributed by atoms with E-state index in [4.69, 9.17) is 0 Å². The van der Waals surface area contributed by atoms with Gasteiger partial charge in [-0.2, -0.15) is 12.6 Å². The number of thiol groups is 1. The molecule has 0 fully saturated rings. The van der Waals surface area contributed by atoms with Crippen molar-refractivity contribution in [1.82, 2.24) is 19.9 Å². The topological polar surface area (TPSA) is 54.5 Å². The van der Waals surface area contributed by atoms with Crippen molar-refractivity contribution in [2.45, 2.75) is 24.8 Å². The van der Waals surface area contributed by atoms with Crippen LogP contribution in [0.1, 0.15) is 19.8 Å². The maximum atomic E-state index is 4.29. The summed E-state index contributed by atoms with van der Waals surface area (Å²) < 4.78 is 0. The van der Waals surface area contributed by atoms with Crippen molar-refractivity contribution in [3.63, 3.8) is 0 Å². The lowest BCUT2D eigenvalue weighted by atomic mass is 10.1. The maximum Gasteiger partial charge on any atom is 0.181 e. The van der Waals surface area contributed by atoms with Gasteiger partial charge in [-0.3, -0.25) is 0 Å². The number of nitrogens with zero attached hydrogens (tertiary/aromatic N) is 3. The monoisotopic (exact) mass is 268 g/mol. The first-order chi connectivity index (χ1) is 8.31. The van der Waals surface area contributed by atoms with Gasteiger partial charge in [0.1, 0.15) is 16.9 Å². The van der Waals surface area contributed by atoms with E-state index in [1.807, 2.05) is 0 Å². The van der Waals surface area contributed by atoms with Gasteiger partial charge in [-0.25, -0.2) is 15.0 Å².